The average Bonchev–Trinajstić information content (AvgIpc) is 2.72. The van der Waals surface area contributed by atoms with Crippen LogP contribution < -0.4 is 14.8 Å². The third kappa shape index (κ3) is 7.15. The van der Waals surface area contributed by atoms with Gasteiger partial charge in [0.05, 0.1) is 23.2 Å². The van der Waals surface area contributed by atoms with Crippen LogP contribution in [0.15, 0.2) is 36.4 Å². The summed E-state index contributed by atoms with van der Waals surface area (Å²) < 4.78 is 11.3. The summed E-state index contributed by atoms with van der Waals surface area (Å²) in [6.07, 6.45) is 1.97. The summed E-state index contributed by atoms with van der Waals surface area (Å²) >= 11 is 12.9. The van der Waals surface area contributed by atoms with Crippen LogP contribution in [0.1, 0.15) is 51.7 Å². The molecule has 0 saturated heterocycles. The van der Waals surface area contributed by atoms with Crippen molar-refractivity contribution in [2.24, 2.45) is 0 Å². The number of hydrogen-bond acceptors (Lipinski definition) is 4. The molecule has 1 N–H and O–H groups in total. The van der Waals surface area contributed by atoms with Gasteiger partial charge in [-0.05, 0) is 41.8 Å². The van der Waals surface area contributed by atoms with Gasteiger partial charge in [-0.2, -0.15) is 0 Å². The fourth-order valence-electron chi connectivity index (χ4n) is 2.95. The smallest absolute Gasteiger partial charge is 0.217 e. The number of halogens is 2. The van der Waals surface area contributed by atoms with Gasteiger partial charge in [-0.15, -0.1) is 0 Å². The first-order chi connectivity index (χ1) is 14.6. The molecule has 0 heterocycles. The van der Waals surface area contributed by atoms with E-state index in [0.717, 1.165) is 24.0 Å². The van der Waals surface area contributed by atoms with Gasteiger partial charge in [-0.1, -0.05) is 62.5 Å². The second kappa shape index (κ2) is 11.4. The Morgan fingerprint density at radius 3 is 2.16 bits per heavy atom. The highest BCUT2D eigenvalue weighted by Gasteiger charge is 2.25. The second-order valence-corrected chi connectivity index (χ2v) is 8.67. The Labute approximate surface area is 194 Å². The van der Waals surface area contributed by atoms with E-state index in [1.54, 1.807) is 0 Å². The predicted molar refractivity (Wildman–Crippen MR) is 125 cm³/mol. The molecule has 1 amide bonds. The molecule has 31 heavy (non-hydrogen) atoms. The lowest BCUT2D eigenvalue weighted by molar-refractivity contribution is -0.124. The van der Waals surface area contributed by atoms with Crippen LogP contribution in [0.2, 0.25) is 10.0 Å². The fraction of sp³-hybridized carbons (Fsp3) is 0.417. The average molecular weight is 466 g/mol. The highest BCUT2D eigenvalue weighted by molar-refractivity contribution is 6.37. The first-order valence-electron chi connectivity index (χ1n) is 10.3. The summed E-state index contributed by atoms with van der Waals surface area (Å²) in [5.74, 6) is 0.640. The minimum Gasteiger partial charge on any atom is -0.490 e. The van der Waals surface area contributed by atoms with E-state index in [0.29, 0.717) is 28.2 Å². The number of rotatable bonds is 11. The van der Waals surface area contributed by atoms with E-state index in [4.69, 9.17) is 32.7 Å². The molecule has 5 nitrogen and oxygen atoms in total. The third-order valence-electron chi connectivity index (χ3n) is 4.97. The van der Waals surface area contributed by atoms with Crippen molar-refractivity contribution in [3.05, 3.63) is 57.6 Å². The predicted octanol–water partition coefficient (Wildman–Crippen LogP) is 5.58. The van der Waals surface area contributed by atoms with Crippen LogP contribution in [0, 0.1) is 0 Å². The van der Waals surface area contributed by atoms with Gasteiger partial charge in [-0.25, -0.2) is 0 Å². The SMILES string of the molecule is CCCCOc1c(Cl)cc(C(C)(C)c2ccc(OCC(=O)CNC(C)=O)cc2)cc1Cl. The van der Waals surface area contributed by atoms with Gasteiger partial charge < -0.3 is 14.8 Å². The topological polar surface area (TPSA) is 64.6 Å². The van der Waals surface area contributed by atoms with Gasteiger partial charge >= 0.3 is 0 Å². The number of ether oxygens (including phenoxy) is 2. The molecule has 2 aromatic rings. The zero-order chi connectivity index (χ0) is 23.0. The zero-order valence-electron chi connectivity index (χ0n) is 18.4. The second-order valence-electron chi connectivity index (χ2n) is 7.86. The maximum Gasteiger partial charge on any atom is 0.217 e. The van der Waals surface area contributed by atoms with Crippen molar-refractivity contribution in [2.75, 3.05) is 19.8 Å². The number of nitrogens with one attached hydrogen (secondary N) is 1. The quantitative estimate of drug-likeness (QED) is 0.439. The lowest BCUT2D eigenvalue weighted by Gasteiger charge is -2.27. The molecule has 168 valence electrons. The molecule has 7 heteroatoms. The van der Waals surface area contributed by atoms with Crippen LogP contribution in [0.5, 0.6) is 11.5 Å². The van der Waals surface area contributed by atoms with Crippen molar-refractivity contribution in [1.82, 2.24) is 5.32 Å². The van der Waals surface area contributed by atoms with E-state index in [2.05, 4.69) is 26.1 Å². The van der Waals surface area contributed by atoms with Gasteiger partial charge in [0.1, 0.15) is 12.4 Å². The van der Waals surface area contributed by atoms with Crippen molar-refractivity contribution in [3.63, 3.8) is 0 Å². The van der Waals surface area contributed by atoms with Crippen molar-refractivity contribution >= 4 is 34.9 Å². The monoisotopic (exact) mass is 465 g/mol. The number of carbonyl (C=O) groups is 2. The van der Waals surface area contributed by atoms with Crippen LogP contribution in [-0.2, 0) is 15.0 Å². The van der Waals surface area contributed by atoms with Crippen molar-refractivity contribution in [1.29, 1.82) is 0 Å². The zero-order valence-corrected chi connectivity index (χ0v) is 19.9. The first kappa shape index (κ1) is 25.0. The number of benzene rings is 2. The molecule has 0 atom stereocenters. The first-order valence-corrected chi connectivity index (χ1v) is 11.0. The van der Waals surface area contributed by atoms with Crippen LogP contribution in [0.4, 0.5) is 0 Å². The molecule has 0 spiro atoms. The lowest BCUT2D eigenvalue weighted by atomic mass is 9.78. The van der Waals surface area contributed by atoms with E-state index in [9.17, 15) is 9.59 Å². The van der Waals surface area contributed by atoms with E-state index in [1.165, 1.54) is 6.92 Å². The normalized spacial score (nSPS) is 11.2. The summed E-state index contributed by atoms with van der Waals surface area (Å²) in [5.41, 5.74) is 1.63. The maximum absolute atomic E-state index is 11.7. The van der Waals surface area contributed by atoms with E-state index in [1.807, 2.05) is 36.4 Å². The number of hydrogen-bond donors (Lipinski definition) is 1. The van der Waals surface area contributed by atoms with Gasteiger partial charge in [0, 0.05) is 12.3 Å². The summed E-state index contributed by atoms with van der Waals surface area (Å²) in [4.78, 5) is 22.6. The van der Waals surface area contributed by atoms with Crippen LogP contribution in [0.3, 0.4) is 0 Å². The number of ketones is 1. The number of carbonyl (C=O) groups excluding carboxylic acids is 2. The van der Waals surface area contributed by atoms with Crippen LogP contribution in [-0.4, -0.2) is 31.4 Å². The highest BCUT2D eigenvalue weighted by Crippen LogP contribution is 2.40. The Hall–Kier alpha value is -2.24. The van der Waals surface area contributed by atoms with Gasteiger partial charge in [-0.3, -0.25) is 9.59 Å². The minimum atomic E-state index is -0.366. The Bertz CT molecular complexity index is 887. The molecule has 0 aliphatic rings. The Morgan fingerprint density at radius 2 is 1.61 bits per heavy atom. The van der Waals surface area contributed by atoms with Crippen molar-refractivity contribution in [2.45, 2.75) is 46.0 Å². The molecule has 2 rings (SSSR count). The molecule has 0 aliphatic carbocycles. The fourth-order valence-corrected chi connectivity index (χ4v) is 3.55. The molecule has 0 unspecified atom stereocenters. The standard InChI is InChI=1S/C24H29Cl2NO4/c1-5-6-11-30-23-21(25)12-18(13-22(23)26)24(3,4)17-7-9-20(10-8-17)31-15-19(29)14-27-16(2)28/h7-10,12-13H,5-6,11,14-15H2,1-4H3,(H,27,28). The van der Waals surface area contributed by atoms with Crippen LogP contribution >= 0.6 is 23.2 Å². The summed E-state index contributed by atoms with van der Waals surface area (Å²) in [6.45, 7) is 8.06. The van der Waals surface area contributed by atoms with Crippen molar-refractivity contribution in [3.8, 4) is 11.5 Å². The third-order valence-corrected chi connectivity index (χ3v) is 5.54. The van der Waals surface area contributed by atoms with E-state index < -0.39 is 0 Å². The molecule has 0 radical (unpaired) electrons. The molecule has 0 aliphatic heterocycles. The maximum atomic E-state index is 11.7. The summed E-state index contributed by atoms with van der Waals surface area (Å²) in [5, 5.41) is 3.44. The Balaban J connectivity index is 2.09. The summed E-state index contributed by atoms with van der Waals surface area (Å²) in [6, 6.07) is 11.3. The minimum absolute atomic E-state index is 0.0415. The number of amides is 1. The largest absolute Gasteiger partial charge is 0.490 e. The van der Waals surface area contributed by atoms with Crippen LogP contribution in [0.25, 0.3) is 0 Å². The number of Topliss-reactive ketones (excluding diaryl/α,β-unsaturated/α-hetero) is 1. The molecule has 2 aromatic carbocycles. The molecule has 0 fully saturated rings. The number of unbranched alkanes of at least 4 members (excludes halogenated alkanes) is 1. The Kier molecular flexibility index (Phi) is 9.20. The van der Waals surface area contributed by atoms with Gasteiger partial charge in [0.2, 0.25) is 5.91 Å². The Morgan fingerprint density at radius 1 is 1.00 bits per heavy atom. The van der Waals surface area contributed by atoms with Gasteiger partial charge in [0.25, 0.3) is 0 Å². The van der Waals surface area contributed by atoms with Gasteiger partial charge in [0.15, 0.2) is 11.5 Å². The molecular weight excluding hydrogens is 437 g/mol. The molecule has 0 aromatic heterocycles. The summed E-state index contributed by atoms with van der Waals surface area (Å²) in [7, 11) is 0. The van der Waals surface area contributed by atoms with E-state index >= 15 is 0 Å². The van der Waals surface area contributed by atoms with Crippen molar-refractivity contribution < 1.29 is 19.1 Å². The molecule has 0 bridgehead atoms. The molecular formula is C24H29Cl2NO4. The lowest BCUT2D eigenvalue weighted by Crippen LogP contribution is -2.30. The highest BCUT2D eigenvalue weighted by atomic mass is 35.5. The van der Waals surface area contributed by atoms with E-state index in [-0.39, 0.29) is 30.3 Å². The molecule has 0 saturated carbocycles.